The number of hydrogen-bond donors (Lipinski definition) is 1. The standard InChI is InChI=1S/C16H18N2O4S/c1-11-18-14(12-6-4-3-5-7-12)15(23-11)16(20)22-10-13(19)17-8-9-21-2/h3-7H,8-10H2,1-2H3,(H,17,19). The number of amides is 1. The summed E-state index contributed by atoms with van der Waals surface area (Å²) in [6, 6.07) is 9.40. The van der Waals surface area contributed by atoms with Crippen LogP contribution >= 0.6 is 11.3 Å². The summed E-state index contributed by atoms with van der Waals surface area (Å²) < 4.78 is 9.90. The topological polar surface area (TPSA) is 77.5 Å². The number of nitrogens with zero attached hydrogens (tertiary/aromatic N) is 1. The Kier molecular flexibility index (Phi) is 6.25. The van der Waals surface area contributed by atoms with E-state index in [0.29, 0.717) is 23.7 Å². The molecule has 1 amide bonds. The van der Waals surface area contributed by atoms with Gasteiger partial charge < -0.3 is 14.8 Å². The SMILES string of the molecule is COCCNC(=O)COC(=O)c1sc(C)nc1-c1ccccc1. The summed E-state index contributed by atoms with van der Waals surface area (Å²) in [5.74, 6) is -0.908. The van der Waals surface area contributed by atoms with E-state index in [1.807, 2.05) is 37.3 Å². The van der Waals surface area contributed by atoms with Crippen LogP contribution in [0.1, 0.15) is 14.7 Å². The molecular weight excluding hydrogens is 316 g/mol. The van der Waals surface area contributed by atoms with Crippen molar-refractivity contribution in [3.63, 3.8) is 0 Å². The Morgan fingerprint density at radius 3 is 2.70 bits per heavy atom. The molecule has 7 heteroatoms. The highest BCUT2D eigenvalue weighted by Gasteiger charge is 2.20. The summed E-state index contributed by atoms with van der Waals surface area (Å²) in [6.07, 6.45) is 0. The number of methoxy groups -OCH3 is 1. The van der Waals surface area contributed by atoms with Crippen LogP contribution in [0.25, 0.3) is 11.3 Å². The maximum atomic E-state index is 12.2. The number of thiazole rings is 1. The predicted octanol–water partition coefficient (Wildman–Crippen LogP) is 2.04. The Morgan fingerprint density at radius 1 is 1.26 bits per heavy atom. The van der Waals surface area contributed by atoms with E-state index in [0.717, 1.165) is 10.6 Å². The number of carbonyl (C=O) groups is 2. The van der Waals surface area contributed by atoms with E-state index >= 15 is 0 Å². The number of aryl methyl sites for hydroxylation is 1. The predicted molar refractivity (Wildman–Crippen MR) is 87.5 cm³/mol. The first-order chi connectivity index (χ1) is 11.1. The Morgan fingerprint density at radius 2 is 2.00 bits per heavy atom. The van der Waals surface area contributed by atoms with Crippen molar-refractivity contribution in [2.75, 3.05) is 26.9 Å². The second kappa shape index (κ2) is 8.40. The molecule has 0 spiro atoms. The number of carbonyl (C=O) groups excluding carboxylic acids is 2. The molecule has 1 heterocycles. The largest absolute Gasteiger partial charge is 0.451 e. The van der Waals surface area contributed by atoms with Crippen molar-refractivity contribution in [1.29, 1.82) is 0 Å². The van der Waals surface area contributed by atoms with Crippen LogP contribution in [0.4, 0.5) is 0 Å². The van der Waals surface area contributed by atoms with E-state index < -0.39 is 5.97 Å². The van der Waals surface area contributed by atoms with E-state index in [1.165, 1.54) is 11.3 Å². The zero-order valence-corrected chi connectivity index (χ0v) is 13.8. The van der Waals surface area contributed by atoms with Crippen LogP contribution in [0.15, 0.2) is 30.3 Å². The van der Waals surface area contributed by atoms with Crippen molar-refractivity contribution < 1.29 is 19.1 Å². The Hall–Kier alpha value is -2.25. The lowest BCUT2D eigenvalue weighted by Gasteiger charge is -2.06. The molecule has 0 fully saturated rings. The van der Waals surface area contributed by atoms with Gasteiger partial charge >= 0.3 is 5.97 Å². The molecule has 23 heavy (non-hydrogen) atoms. The average molecular weight is 334 g/mol. The Balaban J connectivity index is 2.02. The molecule has 0 unspecified atom stereocenters. The van der Waals surface area contributed by atoms with Crippen LogP contribution in [0.3, 0.4) is 0 Å². The lowest BCUT2D eigenvalue weighted by Crippen LogP contribution is -2.31. The first-order valence-corrected chi connectivity index (χ1v) is 7.89. The van der Waals surface area contributed by atoms with E-state index in [4.69, 9.17) is 9.47 Å². The number of esters is 1. The van der Waals surface area contributed by atoms with Gasteiger partial charge in [0.25, 0.3) is 5.91 Å². The van der Waals surface area contributed by atoms with Gasteiger partial charge in [-0.25, -0.2) is 9.78 Å². The lowest BCUT2D eigenvalue weighted by molar-refractivity contribution is -0.124. The minimum atomic E-state index is -0.545. The van der Waals surface area contributed by atoms with E-state index in [2.05, 4.69) is 10.3 Å². The van der Waals surface area contributed by atoms with Gasteiger partial charge in [-0.3, -0.25) is 4.79 Å². The molecule has 0 radical (unpaired) electrons. The van der Waals surface area contributed by atoms with Crippen molar-refractivity contribution in [2.24, 2.45) is 0 Å². The van der Waals surface area contributed by atoms with Gasteiger partial charge in [0.2, 0.25) is 0 Å². The molecule has 1 aromatic heterocycles. The van der Waals surface area contributed by atoms with Gasteiger partial charge in [0.15, 0.2) is 6.61 Å². The third-order valence-corrected chi connectivity index (χ3v) is 3.88. The molecule has 1 N–H and O–H groups in total. The van der Waals surface area contributed by atoms with Gasteiger partial charge in [-0.2, -0.15) is 0 Å². The molecule has 0 saturated heterocycles. The molecule has 0 saturated carbocycles. The van der Waals surface area contributed by atoms with Crippen LogP contribution in [0.5, 0.6) is 0 Å². The maximum Gasteiger partial charge on any atom is 0.351 e. The van der Waals surface area contributed by atoms with Crippen LogP contribution in [0, 0.1) is 6.92 Å². The van der Waals surface area contributed by atoms with E-state index in [-0.39, 0.29) is 12.5 Å². The van der Waals surface area contributed by atoms with E-state index in [1.54, 1.807) is 7.11 Å². The Bertz CT molecular complexity index is 670. The second-order valence-electron chi connectivity index (χ2n) is 4.70. The summed E-state index contributed by atoms with van der Waals surface area (Å²) in [4.78, 5) is 28.6. The summed E-state index contributed by atoms with van der Waals surface area (Å²) in [5, 5.41) is 3.35. The summed E-state index contributed by atoms with van der Waals surface area (Å²) in [5.41, 5.74) is 1.42. The third kappa shape index (κ3) is 4.87. The molecule has 2 aromatic rings. The summed E-state index contributed by atoms with van der Waals surface area (Å²) >= 11 is 1.25. The molecule has 0 atom stereocenters. The molecule has 0 bridgehead atoms. The van der Waals surface area contributed by atoms with Crippen molar-refractivity contribution in [2.45, 2.75) is 6.92 Å². The van der Waals surface area contributed by atoms with Crippen molar-refractivity contribution in [3.05, 3.63) is 40.2 Å². The highest BCUT2D eigenvalue weighted by molar-refractivity contribution is 7.14. The first-order valence-electron chi connectivity index (χ1n) is 7.07. The van der Waals surface area contributed by atoms with Crippen molar-refractivity contribution in [1.82, 2.24) is 10.3 Å². The smallest absolute Gasteiger partial charge is 0.351 e. The van der Waals surface area contributed by atoms with Gasteiger partial charge in [-0.1, -0.05) is 30.3 Å². The van der Waals surface area contributed by atoms with Crippen LogP contribution in [0.2, 0.25) is 0 Å². The molecule has 2 rings (SSSR count). The number of nitrogens with one attached hydrogen (secondary N) is 1. The third-order valence-electron chi connectivity index (χ3n) is 2.93. The fraction of sp³-hybridized carbons (Fsp3) is 0.312. The average Bonchev–Trinajstić information content (AvgIpc) is 2.96. The van der Waals surface area contributed by atoms with Crippen LogP contribution in [-0.2, 0) is 14.3 Å². The maximum absolute atomic E-state index is 12.2. The second-order valence-corrected chi connectivity index (χ2v) is 5.90. The number of ether oxygens (including phenoxy) is 2. The first kappa shape index (κ1) is 17.1. The zero-order chi connectivity index (χ0) is 16.7. The van der Waals surface area contributed by atoms with Gasteiger partial charge in [0.05, 0.1) is 17.3 Å². The number of benzene rings is 1. The van der Waals surface area contributed by atoms with Gasteiger partial charge in [-0.05, 0) is 6.92 Å². The fourth-order valence-corrected chi connectivity index (χ4v) is 2.73. The molecule has 6 nitrogen and oxygen atoms in total. The Labute approximate surface area is 138 Å². The molecule has 1 aromatic carbocycles. The number of aromatic nitrogens is 1. The minimum Gasteiger partial charge on any atom is -0.451 e. The van der Waals surface area contributed by atoms with Crippen LogP contribution in [-0.4, -0.2) is 43.7 Å². The number of rotatable bonds is 7. The minimum absolute atomic E-state index is 0.326. The number of hydrogen-bond acceptors (Lipinski definition) is 6. The molecular formula is C16H18N2O4S. The van der Waals surface area contributed by atoms with Crippen molar-refractivity contribution >= 4 is 23.2 Å². The summed E-state index contributed by atoms with van der Waals surface area (Å²) in [6.45, 7) is 2.28. The lowest BCUT2D eigenvalue weighted by atomic mass is 10.1. The quantitative estimate of drug-likeness (QED) is 0.619. The normalized spacial score (nSPS) is 10.3. The zero-order valence-electron chi connectivity index (χ0n) is 13.0. The van der Waals surface area contributed by atoms with Crippen molar-refractivity contribution in [3.8, 4) is 11.3 Å². The highest BCUT2D eigenvalue weighted by atomic mass is 32.1. The molecule has 0 aliphatic carbocycles. The fourth-order valence-electron chi connectivity index (χ4n) is 1.90. The summed E-state index contributed by atoms with van der Waals surface area (Å²) in [7, 11) is 1.55. The van der Waals surface area contributed by atoms with E-state index in [9.17, 15) is 9.59 Å². The molecule has 0 aliphatic rings. The molecule has 0 aliphatic heterocycles. The van der Waals surface area contributed by atoms with Gasteiger partial charge in [0.1, 0.15) is 4.88 Å². The van der Waals surface area contributed by atoms with Gasteiger partial charge in [-0.15, -0.1) is 11.3 Å². The molecule has 122 valence electrons. The monoisotopic (exact) mass is 334 g/mol. The highest BCUT2D eigenvalue weighted by Crippen LogP contribution is 2.28. The van der Waals surface area contributed by atoms with Crippen LogP contribution < -0.4 is 5.32 Å². The van der Waals surface area contributed by atoms with Gasteiger partial charge in [0, 0.05) is 19.2 Å².